The number of carbonyl (C=O) groups is 2. The van der Waals surface area contributed by atoms with Gasteiger partial charge in [-0.05, 0) is 50.6 Å². The van der Waals surface area contributed by atoms with Crippen LogP contribution < -0.4 is 16.2 Å². The number of nitrogens with zero attached hydrogens (tertiary/aromatic N) is 2. The Labute approximate surface area is 228 Å². The molecule has 0 spiro atoms. The number of amides is 1. The number of carbonyl (C=O) groups excluding carboxylic acids is 2. The fraction of sp³-hybridized carbons (Fsp3) is 0.429. The van der Waals surface area contributed by atoms with Crippen molar-refractivity contribution in [2.24, 2.45) is 0 Å². The molecular weight excluding hydrogens is 523 g/mol. The van der Waals surface area contributed by atoms with Crippen LogP contribution >= 0.6 is 11.8 Å². The lowest BCUT2D eigenvalue weighted by Crippen LogP contribution is -2.44. The van der Waals surface area contributed by atoms with Crippen LogP contribution in [0.15, 0.2) is 21.8 Å². The Balaban J connectivity index is 1.56. The molecule has 3 N–H and O–H groups in total. The number of aromatic nitrogens is 2. The average Bonchev–Trinajstić information content (AvgIpc) is 3.29. The highest BCUT2D eigenvalue weighted by Crippen LogP contribution is 2.48. The van der Waals surface area contributed by atoms with Gasteiger partial charge in [-0.3, -0.25) is 9.59 Å². The van der Waals surface area contributed by atoms with E-state index in [1.807, 2.05) is 7.05 Å². The molecule has 2 atom stereocenters. The van der Waals surface area contributed by atoms with Gasteiger partial charge in [0, 0.05) is 39.6 Å². The lowest BCUT2D eigenvalue weighted by Gasteiger charge is -2.31. The molecule has 39 heavy (non-hydrogen) atoms. The molecule has 0 saturated heterocycles. The number of hydrogen-bond donors (Lipinski definition) is 3. The molecule has 1 aromatic carbocycles. The maximum atomic E-state index is 15.0. The van der Waals surface area contributed by atoms with E-state index >= 15 is 0 Å². The molecule has 6 rings (SSSR count). The molecule has 0 bridgehead atoms. The predicted octanol–water partition coefficient (Wildman–Crippen LogP) is 2.79. The highest BCUT2D eigenvalue weighted by Gasteiger charge is 2.46. The highest BCUT2D eigenvalue weighted by atomic mass is 32.2. The van der Waals surface area contributed by atoms with Gasteiger partial charge in [-0.15, -0.1) is 11.8 Å². The van der Waals surface area contributed by atoms with Crippen molar-refractivity contribution in [3.05, 3.63) is 56.1 Å². The molecule has 11 heteroatoms. The standard InChI is InChI=1S/C28H29FN4O5S/c1-4-28(37)16-8-20-24-14(10-33(20)26(35)15(16)11-38-27(28)36)22-19(31-21(34)6-5-7-30-3)12-39-25-13(2)17(29)9-18(32-24)23(22)25/h8-9,19,30,37H,4-7,10-12H2,1-3H3,(H,31,34)/t19-,28-/m0/s1. The zero-order valence-corrected chi connectivity index (χ0v) is 22.8. The number of ether oxygens (including phenoxy) is 1. The molecule has 0 unspecified atom stereocenters. The zero-order chi connectivity index (χ0) is 27.6. The van der Waals surface area contributed by atoms with Crippen molar-refractivity contribution in [3.63, 3.8) is 0 Å². The third-order valence-corrected chi connectivity index (χ3v) is 9.37. The summed E-state index contributed by atoms with van der Waals surface area (Å²) in [5, 5.41) is 18.2. The fourth-order valence-corrected chi connectivity index (χ4v) is 7.19. The molecule has 3 aliphatic rings. The van der Waals surface area contributed by atoms with E-state index in [9.17, 15) is 23.9 Å². The van der Waals surface area contributed by atoms with Gasteiger partial charge in [0.05, 0.1) is 35.1 Å². The van der Waals surface area contributed by atoms with Crippen molar-refractivity contribution in [2.45, 2.75) is 62.8 Å². The molecule has 3 aromatic rings. The SMILES string of the molecule is CC[C@@]1(O)C(=O)OCc2c1cc1n(c2=O)Cc2c-1nc1cc(F)c(C)c3c1c2[C@@H](NC(=O)CCCNC)CS3. The van der Waals surface area contributed by atoms with E-state index in [4.69, 9.17) is 9.72 Å². The largest absolute Gasteiger partial charge is 0.458 e. The topological polar surface area (TPSA) is 123 Å². The van der Waals surface area contributed by atoms with Crippen LogP contribution in [0.2, 0.25) is 0 Å². The van der Waals surface area contributed by atoms with E-state index in [0.29, 0.717) is 41.1 Å². The van der Waals surface area contributed by atoms with Crippen molar-refractivity contribution < 1.29 is 23.8 Å². The Kier molecular flexibility index (Phi) is 6.28. The molecule has 3 aliphatic heterocycles. The Bertz CT molecular complexity index is 1640. The van der Waals surface area contributed by atoms with E-state index in [1.165, 1.54) is 17.8 Å². The number of nitrogens with one attached hydrogen (secondary N) is 2. The number of cyclic esters (lactones) is 1. The summed E-state index contributed by atoms with van der Waals surface area (Å²) in [6.45, 7) is 4.10. The second-order valence-corrected chi connectivity index (χ2v) is 11.3. The van der Waals surface area contributed by atoms with Gasteiger partial charge in [0.2, 0.25) is 5.91 Å². The molecule has 1 amide bonds. The molecule has 0 aliphatic carbocycles. The van der Waals surface area contributed by atoms with Crippen molar-refractivity contribution in [2.75, 3.05) is 19.3 Å². The first-order valence-electron chi connectivity index (χ1n) is 13.1. The van der Waals surface area contributed by atoms with Crippen LogP contribution in [0.4, 0.5) is 4.39 Å². The molecular formula is C28H29FN4O5S. The first-order chi connectivity index (χ1) is 18.7. The van der Waals surface area contributed by atoms with Gasteiger partial charge in [0.1, 0.15) is 12.4 Å². The molecule has 0 saturated carbocycles. The van der Waals surface area contributed by atoms with Crippen molar-refractivity contribution in [1.82, 2.24) is 20.2 Å². The van der Waals surface area contributed by atoms with Crippen LogP contribution in [0.25, 0.3) is 22.3 Å². The van der Waals surface area contributed by atoms with E-state index in [2.05, 4.69) is 10.6 Å². The summed E-state index contributed by atoms with van der Waals surface area (Å²) in [7, 11) is 1.84. The summed E-state index contributed by atoms with van der Waals surface area (Å²) in [5.41, 5.74) is 1.69. The summed E-state index contributed by atoms with van der Waals surface area (Å²) in [6, 6.07) is 2.69. The molecule has 0 fully saturated rings. The molecule has 204 valence electrons. The van der Waals surface area contributed by atoms with Gasteiger partial charge in [-0.2, -0.15) is 0 Å². The number of thioether (sulfide) groups is 1. The van der Waals surface area contributed by atoms with Crippen LogP contribution in [-0.4, -0.2) is 45.9 Å². The maximum absolute atomic E-state index is 15.0. The number of rotatable bonds is 6. The monoisotopic (exact) mass is 552 g/mol. The third-order valence-electron chi connectivity index (χ3n) is 8.07. The van der Waals surface area contributed by atoms with E-state index < -0.39 is 11.6 Å². The van der Waals surface area contributed by atoms with Crippen molar-refractivity contribution >= 4 is 34.5 Å². The molecule has 0 radical (unpaired) electrons. The Hall–Kier alpha value is -3.28. The lowest BCUT2D eigenvalue weighted by molar-refractivity contribution is -0.172. The normalized spacial score (nSPS) is 20.8. The predicted molar refractivity (Wildman–Crippen MR) is 144 cm³/mol. The van der Waals surface area contributed by atoms with Crippen LogP contribution in [0, 0.1) is 12.7 Å². The van der Waals surface area contributed by atoms with E-state index in [0.717, 1.165) is 28.0 Å². The van der Waals surface area contributed by atoms with E-state index in [1.54, 1.807) is 24.5 Å². The van der Waals surface area contributed by atoms with Crippen LogP contribution in [0.1, 0.15) is 60.0 Å². The number of halogens is 1. The maximum Gasteiger partial charge on any atom is 0.343 e. The quantitative estimate of drug-likeness (QED) is 0.247. The Morgan fingerprint density at radius 3 is 2.87 bits per heavy atom. The van der Waals surface area contributed by atoms with E-state index in [-0.39, 0.29) is 54.0 Å². The molecule has 2 aromatic heterocycles. The van der Waals surface area contributed by atoms with Crippen molar-refractivity contribution in [1.29, 1.82) is 0 Å². The van der Waals surface area contributed by atoms with Crippen LogP contribution in [-0.2, 0) is 33.1 Å². The summed E-state index contributed by atoms with van der Waals surface area (Å²) >= 11 is 1.49. The van der Waals surface area contributed by atoms with Crippen molar-refractivity contribution in [3.8, 4) is 11.4 Å². The third kappa shape index (κ3) is 3.81. The van der Waals surface area contributed by atoms with Gasteiger partial charge in [-0.1, -0.05) is 6.92 Å². The van der Waals surface area contributed by atoms with Gasteiger partial charge < -0.3 is 25.0 Å². The number of benzene rings is 1. The van der Waals surface area contributed by atoms with Crippen LogP contribution in [0.3, 0.4) is 0 Å². The summed E-state index contributed by atoms with van der Waals surface area (Å²) in [4.78, 5) is 44.7. The first kappa shape index (κ1) is 26.0. The highest BCUT2D eigenvalue weighted by molar-refractivity contribution is 7.99. The number of pyridine rings is 2. The van der Waals surface area contributed by atoms with Gasteiger partial charge in [0.25, 0.3) is 5.56 Å². The smallest absolute Gasteiger partial charge is 0.343 e. The number of esters is 1. The first-order valence-corrected chi connectivity index (χ1v) is 14.1. The fourth-order valence-electron chi connectivity index (χ4n) is 5.93. The number of hydrogen-bond acceptors (Lipinski definition) is 8. The van der Waals surface area contributed by atoms with Gasteiger partial charge in [0.15, 0.2) is 5.60 Å². The number of aliphatic hydroxyl groups is 1. The summed E-state index contributed by atoms with van der Waals surface area (Å²) in [5.74, 6) is -0.729. The summed E-state index contributed by atoms with van der Waals surface area (Å²) in [6.07, 6.45) is 1.10. The average molecular weight is 553 g/mol. The zero-order valence-electron chi connectivity index (χ0n) is 21.9. The minimum absolute atomic E-state index is 0.0394. The second-order valence-electron chi connectivity index (χ2n) is 10.3. The second kappa shape index (κ2) is 9.42. The minimum atomic E-state index is -1.94. The minimum Gasteiger partial charge on any atom is -0.458 e. The summed E-state index contributed by atoms with van der Waals surface area (Å²) < 4.78 is 21.7. The molecule has 9 nitrogen and oxygen atoms in total. The Morgan fingerprint density at radius 2 is 2.13 bits per heavy atom. The lowest BCUT2D eigenvalue weighted by atomic mass is 9.86. The molecule has 5 heterocycles. The van der Waals surface area contributed by atoms with Gasteiger partial charge in [-0.25, -0.2) is 14.2 Å². The van der Waals surface area contributed by atoms with Crippen LogP contribution in [0.5, 0.6) is 0 Å². The number of fused-ring (bicyclic) bond motifs is 5. The van der Waals surface area contributed by atoms with Gasteiger partial charge >= 0.3 is 5.97 Å². The Morgan fingerprint density at radius 1 is 1.33 bits per heavy atom.